The van der Waals surface area contributed by atoms with E-state index in [4.69, 9.17) is 5.84 Å². The van der Waals surface area contributed by atoms with Gasteiger partial charge in [0.2, 0.25) is 0 Å². The van der Waals surface area contributed by atoms with Crippen molar-refractivity contribution in [2.75, 3.05) is 30.6 Å². The second-order valence-corrected chi connectivity index (χ2v) is 11.3. The minimum Gasteiger partial charge on any atom is -0.336 e. The Kier molecular flexibility index (Phi) is 7.68. The highest BCUT2D eigenvalue weighted by atomic mass is 32.2. The van der Waals surface area contributed by atoms with E-state index in [1.165, 1.54) is 42.6 Å². The number of carbonyl (C=O) groups excluding carboxylic acids is 1. The van der Waals surface area contributed by atoms with Crippen LogP contribution in [0.25, 0.3) is 10.9 Å². The second kappa shape index (κ2) is 11.1. The number of fused-ring (bicyclic) bond motifs is 1. The van der Waals surface area contributed by atoms with Gasteiger partial charge in [0.05, 0.1) is 16.8 Å². The molecule has 2 heterocycles. The molecule has 1 aliphatic rings. The highest BCUT2D eigenvalue weighted by Crippen LogP contribution is 2.32. The number of para-hydroxylation sites is 1. The second-order valence-electron chi connectivity index (χ2n) is 9.56. The van der Waals surface area contributed by atoms with E-state index in [1.54, 1.807) is 29.2 Å². The largest absolute Gasteiger partial charge is 0.419 e. The van der Waals surface area contributed by atoms with Gasteiger partial charge in [-0.05, 0) is 54.1 Å². The lowest BCUT2D eigenvalue weighted by Crippen LogP contribution is -2.48. The summed E-state index contributed by atoms with van der Waals surface area (Å²) in [5.41, 5.74) is -0.109. The van der Waals surface area contributed by atoms with Crippen LogP contribution in [0, 0.1) is 5.82 Å². The molecule has 1 aromatic heterocycles. The van der Waals surface area contributed by atoms with Gasteiger partial charge in [-0.1, -0.05) is 24.3 Å². The molecular weight excluding hydrogens is 562 g/mol. The van der Waals surface area contributed by atoms with Crippen molar-refractivity contribution in [3.63, 3.8) is 0 Å². The molecule has 0 aliphatic carbocycles. The fourth-order valence-electron chi connectivity index (χ4n) is 4.72. The summed E-state index contributed by atoms with van der Waals surface area (Å²) in [6.45, 7) is 1.85. The summed E-state index contributed by atoms with van der Waals surface area (Å²) in [7, 11) is -4.15. The van der Waals surface area contributed by atoms with E-state index in [2.05, 4.69) is 4.98 Å². The first-order valence-electron chi connectivity index (χ1n) is 12.6. The summed E-state index contributed by atoms with van der Waals surface area (Å²) < 4.78 is 79.5. The Morgan fingerprint density at radius 2 is 1.63 bits per heavy atom. The molecule has 214 valence electrons. The molecule has 0 unspecified atom stereocenters. The number of alkyl halides is 3. The number of halogens is 4. The molecular formula is C28H25F4N5O3S. The van der Waals surface area contributed by atoms with Gasteiger partial charge < -0.3 is 4.90 Å². The maximum absolute atomic E-state index is 13.9. The molecule has 1 aliphatic heterocycles. The predicted octanol–water partition coefficient (Wildman–Crippen LogP) is 4.42. The van der Waals surface area contributed by atoms with E-state index < -0.39 is 27.6 Å². The Balaban J connectivity index is 1.22. The highest BCUT2D eigenvalue weighted by molar-refractivity contribution is 7.93. The predicted molar refractivity (Wildman–Crippen MR) is 145 cm³/mol. The molecule has 0 bridgehead atoms. The molecule has 3 aromatic carbocycles. The molecule has 1 fully saturated rings. The third-order valence-corrected chi connectivity index (χ3v) is 8.52. The Morgan fingerprint density at radius 1 is 0.951 bits per heavy atom. The Bertz CT molecular complexity index is 1680. The van der Waals surface area contributed by atoms with Crippen molar-refractivity contribution in [2.24, 2.45) is 5.84 Å². The molecule has 2 N–H and O–H groups in total. The van der Waals surface area contributed by atoms with Crippen LogP contribution >= 0.6 is 0 Å². The zero-order valence-electron chi connectivity index (χ0n) is 21.6. The van der Waals surface area contributed by atoms with Crippen LogP contribution in [0.3, 0.4) is 0 Å². The maximum Gasteiger partial charge on any atom is 0.419 e. The molecule has 1 amide bonds. The molecule has 1 saturated heterocycles. The van der Waals surface area contributed by atoms with Gasteiger partial charge in [-0.3, -0.25) is 14.7 Å². The fraction of sp³-hybridized carbons (Fsp3) is 0.214. The number of nitrogens with zero attached hydrogens (tertiary/aromatic N) is 4. The summed E-state index contributed by atoms with van der Waals surface area (Å²) in [5.74, 6) is 4.44. The first-order chi connectivity index (χ1) is 19.4. The lowest BCUT2D eigenvalue weighted by Gasteiger charge is -2.35. The number of hydrogen-bond acceptors (Lipinski definition) is 6. The molecule has 0 saturated carbocycles. The van der Waals surface area contributed by atoms with Gasteiger partial charge >= 0.3 is 6.18 Å². The van der Waals surface area contributed by atoms with Crippen LogP contribution in [0.4, 0.5) is 23.2 Å². The van der Waals surface area contributed by atoms with Gasteiger partial charge in [0.15, 0.2) is 0 Å². The van der Waals surface area contributed by atoms with Crippen LogP contribution in [0.5, 0.6) is 0 Å². The lowest BCUT2D eigenvalue weighted by atomic mass is 10.1. The number of sulfonamides is 1. The third kappa shape index (κ3) is 5.87. The number of anilines is 1. The first kappa shape index (κ1) is 28.5. The van der Waals surface area contributed by atoms with Crippen molar-refractivity contribution >= 4 is 32.5 Å². The summed E-state index contributed by atoms with van der Waals surface area (Å²) >= 11 is 0. The SMILES string of the molecule is NN(c1ccc(C(=O)N2CCN(Cc3ccc(C(F)(F)F)c(F)c3)CC2)cc1)S(=O)(=O)c1cccc2cccnc12. The number of carbonyl (C=O) groups is 1. The Morgan fingerprint density at radius 3 is 2.29 bits per heavy atom. The molecule has 0 radical (unpaired) electrons. The van der Waals surface area contributed by atoms with Gasteiger partial charge in [-0.25, -0.2) is 14.6 Å². The minimum absolute atomic E-state index is 0.0462. The topological polar surface area (TPSA) is 99.8 Å². The number of benzene rings is 3. The average molecular weight is 588 g/mol. The first-order valence-corrected chi connectivity index (χ1v) is 14.0. The molecule has 5 rings (SSSR count). The van der Waals surface area contributed by atoms with E-state index in [-0.39, 0.29) is 23.0 Å². The summed E-state index contributed by atoms with van der Waals surface area (Å²) in [6, 6.07) is 17.0. The number of rotatable bonds is 6. The highest BCUT2D eigenvalue weighted by Gasteiger charge is 2.34. The van der Waals surface area contributed by atoms with Crippen LogP contribution in [0.15, 0.2) is 83.9 Å². The van der Waals surface area contributed by atoms with Gasteiger partial charge in [-0.2, -0.15) is 21.6 Å². The van der Waals surface area contributed by atoms with Gasteiger partial charge in [-0.15, -0.1) is 0 Å². The van der Waals surface area contributed by atoms with Crippen molar-refractivity contribution in [1.82, 2.24) is 14.8 Å². The molecule has 0 atom stereocenters. The summed E-state index contributed by atoms with van der Waals surface area (Å²) in [4.78, 5) is 20.8. The van der Waals surface area contributed by atoms with Crippen LogP contribution < -0.4 is 10.3 Å². The minimum atomic E-state index is -4.75. The van der Waals surface area contributed by atoms with Gasteiger partial charge in [0.1, 0.15) is 10.7 Å². The van der Waals surface area contributed by atoms with Crippen LogP contribution in [-0.2, 0) is 22.7 Å². The number of hydrogen-bond donors (Lipinski definition) is 1. The lowest BCUT2D eigenvalue weighted by molar-refractivity contribution is -0.140. The van der Waals surface area contributed by atoms with E-state index >= 15 is 0 Å². The van der Waals surface area contributed by atoms with Crippen molar-refractivity contribution in [3.05, 3.63) is 102 Å². The number of piperazine rings is 1. The van der Waals surface area contributed by atoms with E-state index in [1.807, 2.05) is 4.90 Å². The molecule has 41 heavy (non-hydrogen) atoms. The number of aromatic nitrogens is 1. The van der Waals surface area contributed by atoms with Crippen LogP contribution in [-0.4, -0.2) is 55.3 Å². The zero-order chi connectivity index (χ0) is 29.4. The summed E-state index contributed by atoms with van der Waals surface area (Å²) in [6.07, 6.45) is -3.26. The smallest absolute Gasteiger partial charge is 0.336 e. The number of amides is 1. The molecule has 13 heteroatoms. The number of nitrogens with two attached hydrogens (primary N) is 1. The monoisotopic (exact) mass is 587 g/mol. The summed E-state index contributed by atoms with van der Waals surface area (Å²) in [5, 5.41) is 0.648. The van der Waals surface area contributed by atoms with Gasteiger partial charge in [0, 0.05) is 49.9 Å². The molecule has 4 aromatic rings. The van der Waals surface area contributed by atoms with Crippen molar-refractivity contribution in [3.8, 4) is 0 Å². The Hall–Kier alpha value is -4.07. The normalized spacial score (nSPS) is 14.8. The van der Waals surface area contributed by atoms with Crippen molar-refractivity contribution < 1.29 is 30.8 Å². The van der Waals surface area contributed by atoms with Crippen LogP contribution in [0.2, 0.25) is 0 Å². The third-order valence-electron chi connectivity index (χ3n) is 6.91. The van der Waals surface area contributed by atoms with E-state index in [0.717, 1.165) is 12.1 Å². The maximum atomic E-state index is 13.9. The Labute approximate surface area is 233 Å². The average Bonchev–Trinajstić information content (AvgIpc) is 2.96. The number of pyridine rings is 1. The molecule has 8 nitrogen and oxygen atoms in total. The zero-order valence-corrected chi connectivity index (χ0v) is 22.4. The molecule has 0 spiro atoms. The van der Waals surface area contributed by atoms with Gasteiger partial charge in [0.25, 0.3) is 15.9 Å². The van der Waals surface area contributed by atoms with Crippen molar-refractivity contribution in [2.45, 2.75) is 17.6 Å². The fourth-order valence-corrected chi connectivity index (χ4v) is 5.99. The quantitative estimate of drug-likeness (QED) is 0.204. The standard InChI is InChI=1S/C28H25F4N5O3S/c29-24-17-19(6-11-23(24)28(30,31)32)18-35-13-15-36(16-14-35)27(38)21-7-9-22(10-8-21)37(33)41(39,40)25-5-1-3-20-4-2-12-34-26(20)25/h1-12,17H,13-16,18,33H2. The van der Waals surface area contributed by atoms with Crippen molar-refractivity contribution in [1.29, 1.82) is 0 Å². The van der Waals surface area contributed by atoms with Crippen LogP contribution in [0.1, 0.15) is 21.5 Å². The number of hydrazine groups is 1. The van der Waals surface area contributed by atoms with E-state index in [9.17, 15) is 30.8 Å². The van der Waals surface area contributed by atoms with E-state index in [0.29, 0.717) is 52.6 Å².